The number of amides is 1. The molecule has 0 spiro atoms. The largest absolute Gasteiger partial charge is 0.479 e. The zero-order valence-electron chi connectivity index (χ0n) is 9.49. The maximum atomic E-state index is 12.5. The Bertz CT molecular complexity index is 488. The first-order valence-electron chi connectivity index (χ1n) is 5.22. The molecular weight excluding hydrogens is 249 g/mol. The number of carbonyl (C=O) groups is 1. The smallest absolute Gasteiger partial charge is 0.406 e. The highest BCUT2D eigenvalue weighted by Gasteiger charge is 2.39. The van der Waals surface area contributed by atoms with Crippen LogP contribution in [0.5, 0.6) is 5.75 Å². The Labute approximate surface area is 101 Å². The normalized spacial score (nSPS) is 19.4. The second-order valence-electron chi connectivity index (χ2n) is 4.03. The summed E-state index contributed by atoms with van der Waals surface area (Å²) < 4.78 is 42.6. The molecule has 1 aliphatic heterocycles. The maximum Gasteiger partial charge on any atom is 0.406 e. The van der Waals surface area contributed by atoms with Gasteiger partial charge in [-0.3, -0.25) is 9.69 Å². The van der Waals surface area contributed by atoms with E-state index < -0.39 is 24.7 Å². The molecule has 0 aliphatic carbocycles. The number of benzene rings is 1. The molecule has 1 aromatic carbocycles. The fraction of sp³-hybridized carbons (Fsp3) is 0.364. The zero-order chi connectivity index (χ0) is 13.5. The molecule has 0 radical (unpaired) electrons. The lowest BCUT2D eigenvalue weighted by Crippen LogP contribution is -2.48. The number of ether oxygens (including phenoxy) is 1. The lowest BCUT2D eigenvalue weighted by Gasteiger charge is -2.33. The minimum atomic E-state index is -4.47. The van der Waals surface area contributed by atoms with Crippen LogP contribution in [0.1, 0.15) is 6.92 Å². The molecule has 2 rings (SSSR count). The highest BCUT2D eigenvalue weighted by molar-refractivity contribution is 6.00. The van der Waals surface area contributed by atoms with Crippen molar-refractivity contribution >= 4 is 17.3 Å². The van der Waals surface area contributed by atoms with Gasteiger partial charge in [-0.1, -0.05) is 0 Å². The quantitative estimate of drug-likeness (QED) is 0.785. The second-order valence-corrected chi connectivity index (χ2v) is 4.03. The Balaban J connectivity index is 2.42. The fourth-order valence-electron chi connectivity index (χ4n) is 1.77. The third-order valence-corrected chi connectivity index (χ3v) is 2.53. The molecule has 0 saturated heterocycles. The summed E-state index contributed by atoms with van der Waals surface area (Å²) in [6.07, 6.45) is -5.42. The Kier molecular flexibility index (Phi) is 2.84. The van der Waals surface area contributed by atoms with Crippen molar-refractivity contribution < 1.29 is 22.7 Å². The number of hydrogen-bond donors (Lipinski definition) is 1. The fourth-order valence-corrected chi connectivity index (χ4v) is 1.77. The van der Waals surface area contributed by atoms with Crippen molar-refractivity contribution in [2.75, 3.05) is 17.2 Å². The number of halogens is 3. The van der Waals surface area contributed by atoms with Crippen LogP contribution in [0.2, 0.25) is 0 Å². The van der Waals surface area contributed by atoms with Gasteiger partial charge >= 0.3 is 6.18 Å². The van der Waals surface area contributed by atoms with Crippen molar-refractivity contribution in [2.45, 2.75) is 19.2 Å². The van der Waals surface area contributed by atoms with Crippen LogP contribution in [0.4, 0.5) is 24.5 Å². The van der Waals surface area contributed by atoms with Gasteiger partial charge in [0.1, 0.15) is 12.3 Å². The van der Waals surface area contributed by atoms with E-state index in [2.05, 4.69) is 0 Å². The van der Waals surface area contributed by atoms with Crippen LogP contribution in [0, 0.1) is 0 Å². The van der Waals surface area contributed by atoms with E-state index in [9.17, 15) is 18.0 Å². The first-order valence-corrected chi connectivity index (χ1v) is 5.22. The molecule has 1 heterocycles. The highest BCUT2D eigenvalue weighted by Crippen LogP contribution is 2.37. The molecule has 7 heteroatoms. The van der Waals surface area contributed by atoms with Gasteiger partial charge in [-0.05, 0) is 19.1 Å². The topological polar surface area (TPSA) is 55.6 Å². The van der Waals surface area contributed by atoms with Crippen molar-refractivity contribution in [3.63, 3.8) is 0 Å². The second kappa shape index (κ2) is 4.08. The van der Waals surface area contributed by atoms with Crippen molar-refractivity contribution in [3.05, 3.63) is 18.2 Å². The number of nitrogen functional groups attached to an aromatic ring is 1. The summed E-state index contributed by atoms with van der Waals surface area (Å²) >= 11 is 0. The summed E-state index contributed by atoms with van der Waals surface area (Å²) in [5.41, 5.74) is 5.98. The molecule has 0 aromatic heterocycles. The predicted octanol–water partition coefficient (Wildman–Crippen LogP) is 1.94. The summed E-state index contributed by atoms with van der Waals surface area (Å²) in [7, 11) is 0. The number of nitrogens with zero attached hydrogens (tertiary/aromatic N) is 1. The van der Waals surface area contributed by atoms with E-state index in [4.69, 9.17) is 10.5 Å². The molecule has 1 aliphatic rings. The molecule has 1 aromatic rings. The van der Waals surface area contributed by atoms with Gasteiger partial charge in [0.05, 0.1) is 5.69 Å². The van der Waals surface area contributed by atoms with Crippen LogP contribution < -0.4 is 15.4 Å². The first kappa shape index (κ1) is 12.5. The van der Waals surface area contributed by atoms with Gasteiger partial charge in [-0.15, -0.1) is 0 Å². The van der Waals surface area contributed by atoms with Crippen LogP contribution in [0.25, 0.3) is 0 Å². The molecule has 18 heavy (non-hydrogen) atoms. The van der Waals surface area contributed by atoms with Crippen molar-refractivity contribution in [3.8, 4) is 5.75 Å². The third kappa shape index (κ3) is 2.34. The van der Waals surface area contributed by atoms with E-state index >= 15 is 0 Å². The highest BCUT2D eigenvalue weighted by atomic mass is 19.4. The van der Waals surface area contributed by atoms with Crippen LogP contribution >= 0.6 is 0 Å². The van der Waals surface area contributed by atoms with Gasteiger partial charge in [0.15, 0.2) is 6.10 Å². The average molecular weight is 260 g/mol. The lowest BCUT2D eigenvalue weighted by molar-refractivity contribution is -0.137. The number of rotatable bonds is 1. The van der Waals surface area contributed by atoms with E-state index in [1.807, 2.05) is 0 Å². The number of nitrogens with two attached hydrogens (primary N) is 1. The molecule has 0 fully saturated rings. The Morgan fingerprint density at radius 1 is 1.44 bits per heavy atom. The predicted molar refractivity (Wildman–Crippen MR) is 59.4 cm³/mol. The van der Waals surface area contributed by atoms with Gasteiger partial charge in [0, 0.05) is 11.8 Å². The van der Waals surface area contributed by atoms with Gasteiger partial charge < -0.3 is 10.5 Å². The number of fused-ring (bicyclic) bond motifs is 1. The summed E-state index contributed by atoms with van der Waals surface area (Å²) in [5, 5.41) is 0. The number of anilines is 2. The molecule has 0 bridgehead atoms. The Hall–Kier alpha value is -1.92. The lowest BCUT2D eigenvalue weighted by atomic mass is 10.1. The van der Waals surface area contributed by atoms with Crippen LogP contribution in [0.15, 0.2) is 18.2 Å². The van der Waals surface area contributed by atoms with Crippen LogP contribution in [-0.4, -0.2) is 24.7 Å². The maximum absolute atomic E-state index is 12.5. The van der Waals surface area contributed by atoms with Gasteiger partial charge in [0.25, 0.3) is 5.91 Å². The standard InChI is InChI=1S/C11H11F3N2O2/c1-6-10(17)16(5-11(12,13)14)8-3-2-7(15)4-9(8)18-6/h2-4,6H,5,15H2,1H3. The minimum absolute atomic E-state index is 0.0876. The van der Waals surface area contributed by atoms with E-state index in [0.717, 1.165) is 0 Å². The van der Waals surface area contributed by atoms with Crippen molar-refractivity contribution in [1.82, 2.24) is 0 Å². The molecular formula is C11H11F3N2O2. The number of hydrogen-bond acceptors (Lipinski definition) is 3. The Morgan fingerprint density at radius 2 is 2.11 bits per heavy atom. The van der Waals surface area contributed by atoms with Crippen LogP contribution in [-0.2, 0) is 4.79 Å². The van der Waals surface area contributed by atoms with Crippen LogP contribution in [0.3, 0.4) is 0 Å². The van der Waals surface area contributed by atoms with Gasteiger partial charge in [0.2, 0.25) is 0 Å². The molecule has 1 atom stereocenters. The third-order valence-electron chi connectivity index (χ3n) is 2.53. The number of alkyl halides is 3. The minimum Gasteiger partial charge on any atom is -0.479 e. The van der Waals surface area contributed by atoms with E-state index in [1.165, 1.54) is 25.1 Å². The summed E-state index contributed by atoms with van der Waals surface area (Å²) in [6.45, 7) is 0.0638. The van der Waals surface area contributed by atoms with E-state index in [0.29, 0.717) is 10.6 Å². The zero-order valence-corrected chi connectivity index (χ0v) is 9.49. The summed E-state index contributed by atoms with van der Waals surface area (Å²) in [4.78, 5) is 12.4. The van der Waals surface area contributed by atoms with Crippen molar-refractivity contribution in [1.29, 1.82) is 0 Å². The monoisotopic (exact) mass is 260 g/mol. The molecule has 1 amide bonds. The van der Waals surface area contributed by atoms with Gasteiger partial charge in [-0.2, -0.15) is 13.2 Å². The molecule has 4 nitrogen and oxygen atoms in total. The molecule has 98 valence electrons. The molecule has 1 unspecified atom stereocenters. The summed E-state index contributed by atoms with van der Waals surface area (Å²) in [6, 6.07) is 4.18. The number of carbonyl (C=O) groups excluding carboxylic acids is 1. The van der Waals surface area contributed by atoms with E-state index in [-0.39, 0.29) is 11.4 Å². The molecule has 0 saturated carbocycles. The average Bonchev–Trinajstić information content (AvgIpc) is 2.23. The van der Waals surface area contributed by atoms with Crippen molar-refractivity contribution in [2.24, 2.45) is 0 Å². The SMILES string of the molecule is CC1Oc2cc(N)ccc2N(CC(F)(F)F)C1=O. The first-order chi connectivity index (χ1) is 8.28. The Morgan fingerprint density at radius 3 is 2.72 bits per heavy atom. The molecule has 2 N–H and O–H groups in total. The van der Waals surface area contributed by atoms with Gasteiger partial charge in [-0.25, -0.2) is 0 Å². The summed E-state index contributed by atoms with van der Waals surface area (Å²) in [5.74, 6) is -0.532. The van der Waals surface area contributed by atoms with E-state index in [1.54, 1.807) is 0 Å².